The number of amides is 1. The highest BCUT2D eigenvalue weighted by molar-refractivity contribution is 9.10. The van der Waals surface area contributed by atoms with Gasteiger partial charge in [-0.25, -0.2) is 0 Å². The molecule has 0 atom stereocenters. The predicted octanol–water partition coefficient (Wildman–Crippen LogP) is 2.89. The Balaban J connectivity index is 2.12. The molecule has 0 bridgehead atoms. The van der Waals surface area contributed by atoms with E-state index in [4.69, 9.17) is 0 Å². The minimum absolute atomic E-state index is 0.0216. The Labute approximate surface area is 121 Å². The lowest BCUT2D eigenvalue weighted by molar-refractivity contribution is 0.0951. The van der Waals surface area contributed by atoms with E-state index in [0.29, 0.717) is 12.1 Å². The van der Waals surface area contributed by atoms with Crippen LogP contribution in [0, 0.1) is 0 Å². The number of rotatable bonds is 4. The molecule has 1 N–H and O–H groups in total. The van der Waals surface area contributed by atoms with Gasteiger partial charge in [-0.1, -0.05) is 28.1 Å². The van der Waals surface area contributed by atoms with Crippen LogP contribution in [0.25, 0.3) is 10.8 Å². The number of nitrogens with zero attached hydrogens (tertiary/aromatic N) is 1. The first kappa shape index (κ1) is 14.0. The van der Waals surface area contributed by atoms with Gasteiger partial charge in [0.1, 0.15) is 0 Å². The highest BCUT2D eigenvalue weighted by atomic mass is 79.9. The van der Waals surface area contributed by atoms with Crippen molar-refractivity contribution < 1.29 is 4.79 Å². The molecule has 0 aromatic heterocycles. The van der Waals surface area contributed by atoms with Crippen molar-refractivity contribution in [2.75, 3.05) is 27.2 Å². The van der Waals surface area contributed by atoms with Gasteiger partial charge in [0.15, 0.2) is 0 Å². The van der Waals surface area contributed by atoms with Gasteiger partial charge >= 0.3 is 0 Å². The molecular weight excluding hydrogens is 304 g/mol. The molecule has 2 rings (SSSR count). The highest BCUT2D eigenvalue weighted by Crippen LogP contribution is 2.20. The summed E-state index contributed by atoms with van der Waals surface area (Å²) in [6, 6.07) is 11.8. The van der Waals surface area contributed by atoms with Crippen molar-refractivity contribution in [3.63, 3.8) is 0 Å². The van der Waals surface area contributed by atoms with Crippen molar-refractivity contribution >= 4 is 32.6 Å². The van der Waals surface area contributed by atoms with Gasteiger partial charge in [-0.2, -0.15) is 0 Å². The molecule has 0 aliphatic carbocycles. The summed E-state index contributed by atoms with van der Waals surface area (Å²) in [6.45, 7) is 1.50. The lowest BCUT2D eigenvalue weighted by Crippen LogP contribution is -2.31. The SMILES string of the molecule is CN(C)CCNC(=O)c1ccc2cc(Br)ccc2c1. The number of hydrogen-bond acceptors (Lipinski definition) is 2. The average Bonchev–Trinajstić information content (AvgIpc) is 2.37. The number of hydrogen-bond donors (Lipinski definition) is 1. The Bertz CT molecular complexity index is 596. The van der Waals surface area contributed by atoms with Crippen molar-refractivity contribution in [2.24, 2.45) is 0 Å². The van der Waals surface area contributed by atoms with Crippen molar-refractivity contribution in [2.45, 2.75) is 0 Å². The number of fused-ring (bicyclic) bond motifs is 1. The van der Waals surface area contributed by atoms with Gasteiger partial charge in [-0.3, -0.25) is 4.79 Å². The average molecular weight is 321 g/mol. The van der Waals surface area contributed by atoms with Crippen LogP contribution in [0.3, 0.4) is 0 Å². The second-order valence-electron chi connectivity index (χ2n) is 4.77. The molecule has 0 aliphatic rings. The summed E-state index contributed by atoms with van der Waals surface area (Å²) in [6.07, 6.45) is 0. The van der Waals surface area contributed by atoms with Crippen LogP contribution in [0.2, 0.25) is 0 Å². The Hall–Kier alpha value is -1.39. The monoisotopic (exact) mass is 320 g/mol. The summed E-state index contributed by atoms with van der Waals surface area (Å²) in [5.74, 6) is -0.0216. The van der Waals surface area contributed by atoms with Crippen LogP contribution in [0.15, 0.2) is 40.9 Å². The number of nitrogens with one attached hydrogen (secondary N) is 1. The van der Waals surface area contributed by atoms with Crippen LogP contribution in [0.5, 0.6) is 0 Å². The lowest BCUT2D eigenvalue weighted by Gasteiger charge is -2.10. The molecule has 0 saturated heterocycles. The van der Waals surface area contributed by atoms with E-state index < -0.39 is 0 Å². The Morgan fingerprint density at radius 2 is 1.84 bits per heavy atom. The Morgan fingerprint density at radius 1 is 1.16 bits per heavy atom. The van der Waals surface area contributed by atoms with Gasteiger partial charge in [0, 0.05) is 23.1 Å². The minimum atomic E-state index is -0.0216. The maximum absolute atomic E-state index is 12.0. The molecule has 0 fully saturated rings. The standard InChI is InChI=1S/C15H17BrN2O/c1-18(2)8-7-17-15(19)13-4-3-12-10-14(16)6-5-11(12)9-13/h3-6,9-10H,7-8H2,1-2H3,(H,17,19). The maximum Gasteiger partial charge on any atom is 0.251 e. The zero-order valence-corrected chi connectivity index (χ0v) is 12.7. The fourth-order valence-electron chi connectivity index (χ4n) is 1.85. The molecular formula is C15H17BrN2O. The summed E-state index contributed by atoms with van der Waals surface area (Å²) in [5, 5.41) is 5.11. The van der Waals surface area contributed by atoms with E-state index >= 15 is 0 Å². The van der Waals surface area contributed by atoms with Gasteiger partial charge in [-0.05, 0) is 49.1 Å². The van der Waals surface area contributed by atoms with Crippen molar-refractivity contribution in [3.05, 3.63) is 46.4 Å². The molecule has 0 radical (unpaired) electrons. The first-order valence-electron chi connectivity index (χ1n) is 6.18. The topological polar surface area (TPSA) is 32.3 Å². The minimum Gasteiger partial charge on any atom is -0.351 e. The van der Waals surface area contributed by atoms with E-state index in [1.807, 2.05) is 55.4 Å². The molecule has 0 spiro atoms. The van der Waals surface area contributed by atoms with Crippen LogP contribution in [0.4, 0.5) is 0 Å². The van der Waals surface area contributed by atoms with Crippen molar-refractivity contribution in [1.29, 1.82) is 0 Å². The van der Waals surface area contributed by atoms with Gasteiger partial charge in [0.05, 0.1) is 0 Å². The number of halogens is 1. The molecule has 100 valence electrons. The highest BCUT2D eigenvalue weighted by Gasteiger charge is 2.06. The van der Waals surface area contributed by atoms with Crippen LogP contribution in [-0.4, -0.2) is 38.0 Å². The smallest absolute Gasteiger partial charge is 0.251 e. The quantitative estimate of drug-likeness (QED) is 0.939. The van der Waals surface area contributed by atoms with Crippen molar-refractivity contribution in [1.82, 2.24) is 10.2 Å². The zero-order chi connectivity index (χ0) is 13.8. The van der Waals surface area contributed by atoms with E-state index in [9.17, 15) is 4.79 Å². The second kappa shape index (κ2) is 6.17. The molecule has 2 aromatic rings. The molecule has 19 heavy (non-hydrogen) atoms. The van der Waals surface area contributed by atoms with E-state index in [1.54, 1.807) is 0 Å². The molecule has 4 heteroatoms. The molecule has 0 saturated carbocycles. The van der Waals surface area contributed by atoms with E-state index in [-0.39, 0.29) is 5.91 Å². The Morgan fingerprint density at radius 3 is 2.58 bits per heavy atom. The first-order chi connectivity index (χ1) is 9.06. The second-order valence-corrected chi connectivity index (χ2v) is 5.68. The summed E-state index contributed by atoms with van der Waals surface area (Å²) in [5.41, 5.74) is 0.702. The molecule has 3 nitrogen and oxygen atoms in total. The summed E-state index contributed by atoms with van der Waals surface area (Å²) in [7, 11) is 3.97. The molecule has 0 aliphatic heterocycles. The third kappa shape index (κ3) is 3.78. The maximum atomic E-state index is 12.0. The van der Waals surface area contributed by atoms with E-state index in [1.165, 1.54) is 0 Å². The van der Waals surface area contributed by atoms with Gasteiger partial charge in [0.25, 0.3) is 5.91 Å². The fraction of sp³-hybridized carbons (Fsp3) is 0.267. The molecule has 0 unspecified atom stereocenters. The van der Waals surface area contributed by atoms with E-state index in [0.717, 1.165) is 21.8 Å². The van der Waals surface area contributed by atoms with Crippen LogP contribution < -0.4 is 5.32 Å². The number of benzene rings is 2. The van der Waals surface area contributed by atoms with Gasteiger partial charge in [0.2, 0.25) is 0 Å². The molecule has 2 aromatic carbocycles. The number of carbonyl (C=O) groups is 1. The summed E-state index contributed by atoms with van der Waals surface area (Å²) >= 11 is 3.44. The third-order valence-corrected chi connectivity index (χ3v) is 3.40. The van der Waals surface area contributed by atoms with Gasteiger partial charge in [-0.15, -0.1) is 0 Å². The fourth-order valence-corrected chi connectivity index (χ4v) is 2.23. The zero-order valence-electron chi connectivity index (χ0n) is 11.1. The molecule has 0 heterocycles. The number of likely N-dealkylation sites (N-methyl/N-ethyl adjacent to an activating group) is 1. The molecule has 1 amide bonds. The first-order valence-corrected chi connectivity index (χ1v) is 6.98. The summed E-state index contributed by atoms with van der Waals surface area (Å²) in [4.78, 5) is 14.0. The predicted molar refractivity (Wildman–Crippen MR) is 82.5 cm³/mol. The number of carbonyl (C=O) groups excluding carboxylic acids is 1. The summed E-state index contributed by atoms with van der Waals surface area (Å²) < 4.78 is 1.04. The van der Waals surface area contributed by atoms with E-state index in [2.05, 4.69) is 21.2 Å². The normalized spacial score (nSPS) is 10.9. The van der Waals surface area contributed by atoms with Gasteiger partial charge < -0.3 is 10.2 Å². The largest absolute Gasteiger partial charge is 0.351 e. The van der Waals surface area contributed by atoms with Crippen LogP contribution >= 0.6 is 15.9 Å². The third-order valence-electron chi connectivity index (χ3n) is 2.91. The Kier molecular flexibility index (Phi) is 4.56. The lowest BCUT2D eigenvalue weighted by atomic mass is 10.1. The van der Waals surface area contributed by atoms with Crippen LogP contribution in [-0.2, 0) is 0 Å². The van der Waals surface area contributed by atoms with Crippen molar-refractivity contribution in [3.8, 4) is 0 Å². The van der Waals surface area contributed by atoms with Crippen LogP contribution in [0.1, 0.15) is 10.4 Å².